The van der Waals surface area contributed by atoms with Crippen LogP contribution in [0.15, 0.2) is 36.5 Å². The number of alkyl halides is 6. The highest BCUT2D eigenvalue weighted by molar-refractivity contribution is 5.73. The molecule has 2 rings (SSSR count). The van der Waals surface area contributed by atoms with Crippen molar-refractivity contribution >= 4 is 0 Å². The molecule has 2 nitrogen and oxygen atoms in total. The minimum Gasteiger partial charge on any atom is -0.405 e. The quantitative estimate of drug-likeness (QED) is 0.740. The minimum absolute atomic E-state index is 0.578. The summed E-state index contributed by atoms with van der Waals surface area (Å²) in [6, 6.07) is 4.57. The number of nitrogens with zero attached hydrogens (tertiary/aromatic N) is 1. The molecule has 0 aliphatic rings. The second-order valence-corrected chi connectivity index (χ2v) is 4.06. The molecule has 0 atom stereocenters. The molecular weight excluding hydrogens is 319 g/mol. The summed E-state index contributed by atoms with van der Waals surface area (Å²) in [4.78, 5) is 3.02. The van der Waals surface area contributed by atoms with Crippen LogP contribution in [-0.2, 0) is 6.18 Å². The van der Waals surface area contributed by atoms with Crippen molar-refractivity contribution in [3.8, 4) is 16.9 Å². The normalized spacial score (nSPS) is 12.3. The molecule has 1 heterocycles. The van der Waals surface area contributed by atoms with Gasteiger partial charge in [0.05, 0.1) is 5.56 Å². The molecule has 0 N–H and O–H groups in total. The average molecular weight is 325 g/mol. The summed E-state index contributed by atoms with van der Waals surface area (Å²) in [5.74, 6) is -2.31. The second-order valence-electron chi connectivity index (χ2n) is 4.06. The number of rotatable bonds is 2. The highest BCUT2D eigenvalue weighted by Crippen LogP contribution is 2.41. The second kappa shape index (κ2) is 5.47. The maximum atomic E-state index is 13.8. The number of hydrogen-bond acceptors (Lipinski definition) is 2. The number of para-hydroxylation sites is 1. The lowest BCUT2D eigenvalue weighted by Crippen LogP contribution is -2.18. The van der Waals surface area contributed by atoms with Crippen LogP contribution in [0.3, 0.4) is 0 Å². The van der Waals surface area contributed by atoms with Crippen LogP contribution in [0.5, 0.6) is 5.75 Å². The van der Waals surface area contributed by atoms with Gasteiger partial charge in [0.1, 0.15) is 11.6 Å². The number of halogens is 7. The standard InChI is InChI=1S/C13H6F7NO/c14-8-5-6-21-11(12(15,16)17)10(8)7-3-1-2-4-9(7)22-13(18,19)20/h1-6H. The molecule has 1 aromatic heterocycles. The van der Waals surface area contributed by atoms with Crippen molar-refractivity contribution in [2.75, 3.05) is 0 Å². The summed E-state index contributed by atoms with van der Waals surface area (Å²) in [5.41, 5.74) is -3.43. The summed E-state index contributed by atoms with van der Waals surface area (Å²) in [7, 11) is 0. The lowest BCUT2D eigenvalue weighted by Gasteiger charge is -2.16. The van der Waals surface area contributed by atoms with Crippen molar-refractivity contribution in [3.05, 3.63) is 48.0 Å². The van der Waals surface area contributed by atoms with E-state index in [1.165, 1.54) is 0 Å². The van der Waals surface area contributed by atoms with Crippen LogP contribution in [0, 0.1) is 5.82 Å². The molecule has 0 bridgehead atoms. The Morgan fingerprint density at radius 2 is 1.55 bits per heavy atom. The average Bonchev–Trinajstić information content (AvgIpc) is 2.36. The first-order valence-electron chi connectivity index (χ1n) is 5.66. The summed E-state index contributed by atoms with van der Waals surface area (Å²) in [6.45, 7) is 0. The third kappa shape index (κ3) is 3.46. The fraction of sp³-hybridized carbons (Fsp3) is 0.154. The number of aromatic nitrogens is 1. The molecule has 1 aromatic carbocycles. The molecule has 0 radical (unpaired) electrons. The van der Waals surface area contributed by atoms with Crippen molar-refractivity contribution in [2.45, 2.75) is 12.5 Å². The van der Waals surface area contributed by atoms with Crippen LogP contribution in [0.25, 0.3) is 11.1 Å². The molecule has 0 aliphatic carbocycles. The predicted molar refractivity (Wildman–Crippen MR) is 61.3 cm³/mol. The summed E-state index contributed by atoms with van der Waals surface area (Å²) < 4.78 is 93.1. The topological polar surface area (TPSA) is 22.1 Å². The molecule has 0 saturated carbocycles. The summed E-state index contributed by atoms with van der Waals surface area (Å²) in [5, 5.41) is 0. The lowest BCUT2D eigenvalue weighted by atomic mass is 10.0. The Labute approximate surface area is 119 Å². The van der Waals surface area contributed by atoms with Crippen LogP contribution >= 0.6 is 0 Å². The third-order valence-electron chi connectivity index (χ3n) is 2.55. The predicted octanol–water partition coefficient (Wildman–Crippen LogP) is 4.81. The van der Waals surface area contributed by atoms with Crippen molar-refractivity contribution in [1.29, 1.82) is 0 Å². The van der Waals surface area contributed by atoms with Gasteiger partial charge >= 0.3 is 12.5 Å². The zero-order valence-electron chi connectivity index (χ0n) is 10.5. The molecule has 0 spiro atoms. The molecule has 0 saturated heterocycles. The monoisotopic (exact) mass is 325 g/mol. The van der Waals surface area contributed by atoms with Crippen LogP contribution in [-0.4, -0.2) is 11.3 Å². The largest absolute Gasteiger partial charge is 0.573 e. The first-order chi connectivity index (χ1) is 10.1. The van der Waals surface area contributed by atoms with Gasteiger partial charge in [-0.3, -0.25) is 4.98 Å². The van der Waals surface area contributed by atoms with E-state index in [0.717, 1.165) is 24.3 Å². The van der Waals surface area contributed by atoms with Crippen LogP contribution in [0.1, 0.15) is 5.69 Å². The highest BCUT2D eigenvalue weighted by Gasteiger charge is 2.39. The van der Waals surface area contributed by atoms with Crippen LogP contribution < -0.4 is 4.74 Å². The van der Waals surface area contributed by atoms with Gasteiger partial charge < -0.3 is 4.74 Å². The molecule has 118 valence electrons. The highest BCUT2D eigenvalue weighted by atomic mass is 19.4. The first-order valence-corrected chi connectivity index (χ1v) is 5.66. The van der Waals surface area contributed by atoms with Crippen molar-refractivity contribution in [3.63, 3.8) is 0 Å². The van der Waals surface area contributed by atoms with E-state index in [9.17, 15) is 30.7 Å². The van der Waals surface area contributed by atoms with Gasteiger partial charge in [0.2, 0.25) is 0 Å². The van der Waals surface area contributed by atoms with Gasteiger partial charge in [-0.1, -0.05) is 18.2 Å². The molecule has 0 amide bonds. The van der Waals surface area contributed by atoms with Crippen molar-refractivity contribution in [2.24, 2.45) is 0 Å². The van der Waals surface area contributed by atoms with E-state index >= 15 is 0 Å². The van der Waals surface area contributed by atoms with E-state index in [-0.39, 0.29) is 0 Å². The van der Waals surface area contributed by atoms with Gasteiger partial charge in [0.25, 0.3) is 0 Å². The molecular formula is C13H6F7NO. The first kappa shape index (κ1) is 16.1. The SMILES string of the molecule is Fc1ccnc(C(F)(F)F)c1-c1ccccc1OC(F)(F)F. The van der Waals surface area contributed by atoms with Crippen LogP contribution in [0.4, 0.5) is 30.7 Å². The van der Waals surface area contributed by atoms with Gasteiger partial charge in [-0.15, -0.1) is 13.2 Å². The third-order valence-corrected chi connectivity index (χ3v) is 2.55. The van der Waals surface area contributed by atoms with E-state index in [0.29, 0.717) is 12.3 Å². The van der Waals surface area contributed by atoms with Gasteiger partial charge in [0.15, 0.2) is 5.69 Å². The fourth-order valence-electron chi connectivity index (χ4n) is 1.80. The summed E-state index contributed by atoms with van der Waals surface area (Å²) in [6.07, 6.45) is -9.59. The number of ether oxygens (including phenoxy) is 1. The smallest absolute Gasteiger partial charge is 0.405 e. The Bertz CT molecular complexity index is 679. The van der Waals surface area contributed by atoms with E-state index in [1.807, 2.05) is 0 Å². The van der Waals surface area contributed by atoms with Gasteiger partial charge in [-0.05, 0) is 12.1 Å². The Hall–Kier alpha value is -2.32. The van der Waals surface area contributed by atoms with Gasteiger partial charge in [-0.25, -0.2) is 4.39 Å². The van der Waals surface area contributed by atoms with Gasteiger partial charge in [0, 0.05) is 11.8 Å². The van der Waals surface area contributed by atoms with Crippen molar-refractivity contribution in [1.82, 2.24) is 4.98 Å². The fourth-order valence-corrected chi connectivity index (χ4v) is 1.80. The molecule has 0 fully saturated rings. The van der Waals surface area contributed by atoms with E-state index in [1.54, 1.807) is 0 Å². The van der Waals surface area contributed by atoms with Crippen LogP contribution in [0.2, 0.25) is 0 Å². The number of benzene rings is 1. The van der Waals surface area contributed by atoms with Crippen molar-refractivity contribution < 1.29 is 35.5 Å². The Balaban J connectivity index is 2.68. The molecule has 2 aromatic rings. The van der Waals surface area contributed by atoms with E-state index in [2.05, 4.69) is 9.72 Å². The number of pyridine rings is 1. The van der Waals surface area contributed by atoms with E-state index < -0.39 is 40.9 Å². The molecule has 0 unspecified atom stereocenters. The Morgan fingerprint density at radius 3 is 2.14 bits per heavy atom. The summed E-state index contributed by atoms with van der Waals surface area (Å²) >= 11 is 0. The molecule has 9 heteroatoms. The zero-order valence-corrected chi connectivity index (χ0v) is 10.5. The molecule has 0 aliphatic heterocycles. The molecule has 22 heavy (non-hydrogen) atoms. The minimum atomic E-state index is -5.13. The van der Waals surface area contributed by atoms with E-state index in [4.69, 9.17) is 0 Å². The lowest BCUT2D eigenvalue weighted by molar-refractivity contribution is -0.274. The Kier molecular flexibility index (Phi) is 3.99. The zero-order chi connectivity index (χ0) is 16.5. The Morgan fingerprint density at radius 1 is 0.909 bits per heavy atom. The maximum Gasteiger partial charge on any atom is 0.573 e. The maximum absolute atomic E-state index is 13.8. The number of hydrogen-bond donors (Lipinski definition) is 0. The van der Waals surface area contributed by atoms with Gasteiger partial charge in [-0.2, -0.15) is 13.2 Å².